The molecule has 190 valence electrons. The number of aliphatic hydroxyl groups is 1. The molecule has 8 nitrogen and oxygen atoms in total. The maximum atomic E-state index is 13.9. The van der Waals surface area contributed by atoms with Crippen LogP contribution in [-0.4, -0.2) is 59.5 Å². The van der Waals surface area contributed by atoms with Crippen LogP contribution in [0, 0.1) is 11.2 Å². The molecule has 0 spiro atoms. The zero-order valence-electron chi connectivity index (χ0n) is 21.3. The number of benzene rings is 2. The van der Waals surface area contributed by atoms with Gasteiger partial charge in [0.15, 0.2) is 0 Å². The number of rotatable bonds is 7. The zero-order valence-corrected chi connectivity index (χ0v) is 21.3. The summed E-state index contributed by atoms with van der Waals surface area (Å²) in [7, 11) is 5.08. The van der Waals surface area contributed by atoms with Crippen LogP contribution in [0.4, 0.5) is 10.3 Å². The lowest BCUT2D eigenvalue weighted by Gasteiger charge is -2.23. The SMILES string of the molecule is CN(CC(O)c1cccc(OC(=O)C(C)(C)C)c1)C(=O)c1cnc(N(C)C)nc1-c1cccc(F)c1. The van der Waals surface area contributed by atoms with Crippen LogP contribution in [0.3, 0.4) is 0 Å². The summed E-state index contributed by atoms with van der Waals surface area (Å²) in [5.41, 5.74) is 0.708. The van der Waals surface area contributed by atoms with Crippen LogP contribution < -0.4 is 9.64 Å². The highest BCUT2D eigenvalue weighted by Gasteiger charge is 2.25. The fourth-order valence-electron chi connectivity index (χ4n) is 3.30. The van der Waals surface area contributed by atoms with Crippen LogP contribution in [0.25, 0.3) is 11.3 Å². The molecule has 0 aliphatic carbocycles. The monoisotopic (exact) mass is 494 g/mol. The van der Waals surface area contributed by atoms with Crippen LogP contribution in [0.2, 0.25) is 0 Å². The van der Waals surface area contributed by atoms with Gasteiger partial charge in [0.1, 0.15) is 11.6 Å². The van der Waals surface area contributed by atoms with Gasteiger partial charge in [0.05, 0.1) is 29.3 Å². The zero-order chi connectivity index (χ0) is 26.6. The molecule has 9 heteroatoms. The Morgan fingerprint density at radius 3 is 2.42 bits per heavy atom. The first-order valence-corrected chi connectivity index (χ1v) is 11.4. The topological polar surface area (TPSA) is 95.9 Å². The van der Waals surface area contributed by atoms with Crippen LogP contribution in [-0.2, 0) is 4.79 Å². The molecule has 0 bridgehead atoms. The van der Waals surface area contributed by atoms with Crippen molar-refractivity contribution >= 4 is 17.8 Å². The highest BCUT2D eigenvalue weighted by Crippen LogP contribution is 2.27. The van der Waals surface area contributed by atoms with Crippen molar-refractivity contribution in [2.75, 3.05) is 32.6 Å². The molecule has 1 unspecified atom stereocenters. The smallest absolute Gasteiger partial charge is 0.316 e. The van der Waals surface area contributed by atoms with Crippen molar-refractivity contribution in [2.45, 2.75) is 26.9 Å². The van der Waals surface area contributed by atoms with E-state index in [0.29, 0.717) is 22.8 Å². The standard InChI is InChI=1S/C27H31FN4O4/c1-27(2,3)25(35)36-20-12-8-9-17(14-20)22(33)16-32(6)24(34)21-15-29-26(31(4)5)30-23(21)18-10-7-11-19(28)13-18/h7-15,22,33H,16H2,1-6H3. The van der Waals surface area contributed by atoms with Gasteiger partial charge in [-0.2, -0.15) is 0 Å². The van der Waals surface area contributed by atoms with Gasteiger partial charge >= 0.3 is 5.97 Å². The van der Waals surface area contributed by atoms with Gasteiger partial charge in [-0.3, -0.25) is 9.59 Å². The molecule has 1 amide bonds. The number of carbonyl (C=O) groups excluding carboxylic acids is 2. The number of anilines is 1. The first-order chi connectivity index (χ1) is 16.9. The number of aliphatic hydroxyl groups excluding tert-OH is 1. The van der Waals surface area contributed by atoms with E-state index in [1.807, 2.05) is 0 Å². The lowest BCUT2D eigenvalue weighted by Crippen LogP contribution is -2.32. The highest BCUT2D eigenvalue weighted by atomic mass is 19.1. The third kappa shape index (κ3) is 6.42. The largest absolute Gasteiger partial charge is 0.426 e. The Hall–Kier alpha value is -3.85. The first-order valence-electron chi connectivity index (χ1n) is 11.4. The van der Waals surface area contributed by atoms with Crippen molar-refractivity contribution in [3.8, 4) is 17.0 Å². The van der Waals surface area contributed by atoms with Crippen molar-refractivity contribution in [1.82, 2.24) is 14.9 Å². The van der Waals surface area contributed by atoms with Gasteiger partial charge in [0.2, 0.25) is 5.95 Å². The number of ether oxygens (including phenoxy) is 1. The normalized spacial score (nSPS) is 12.1. The van der Waals surface area contributed by atoms with E-state index < -0.39 is 29.2 Å². The van der Waals surface area contributed by atoms with Gasteiger partial charge < -0.3 is 19.6 Å². The Kier molecular flexibility index (Phi) is 8.04. The summed E-state index contributed by atoms with van der Waals surface area (Å²) in [6.07, 6.45) is 0.354. The second-order valence-electron chi connectivity index (χ2n) is 9.75. The number of hydrogen-bond acceptors (Lipinski definition) is 7. The van der Waals surface area contributed by atoms with E-state index in [-0.39, 0.29) is 17.8 Å². The van der Waals surface area contributed by atoms with Gasteiger partial charge in [-0.15, -0.1) is 0 Å². The molecule has 0 radical (unpaired) electrons. The minimum atomic E-state index is -1.05. The van der Waals surface area contributed by atoms with E-state index in [9.17, 15) is 19.1 Å². The molecule has 0 fully saturated rings. The second kappa shape index (κ2) is 10.8. The average Bonchev–Trinajstić information content (AvgIpc) is 2.82. The maximum absolute atomic E-state index is 13.9. The molecular formula is C27H31FN4O4. The number of carbonyl (C=O) groups is 2. The van der Waals surface area contributed by atoms with Crippen molar-refractivity contribution in [3.63, 3.8) is 0 Å². The lowest BCUT2D eigenvalue weighted by molar-refractivity contribution is -0.143. The first kappa shape index (κ1) is 26.7. The third-order valence-electron chi connectivity index (χ3n) is 5.36. The predicted molar refractivity (Wildman–Crippen MR) is 135 cm³/mol. The Labute approximate surface area is 210 Å². The number of hydrogen-bond donors (Lipinski definition) is 1. The van der Waals surface area contributed by atoms with Gasteiger partial charge in [0.25, 0.3) is 5.91 Å². The molecule has 3 rings (SSSR count). The Bertz CT molecular complexity index is 1260. The van der Waals surface area contributed by atoms with Crippen molar-refractivity contribution < 1.29 is 23.8 Å². The average molecular weight is 495 g/mol. The highest BCUT2D eigenvalue weighted by molar-refractivity contribution is 5.99. The number of aromatic nitrogens is 2. The minimum Gasteiger partial charge on any atom is -0.426 e. The minimum absolute atomic E-state index is 0.0481. The van der Waals surface area contributed by atoms with Gasteiger partial charge in [-0.05, 0) is 50.6 Å². The maximum Gasteiger partial charge on any atom is 0.316 e. The summed E-state index contributed by atoms with van der Waals surface area (Å²) in [6.45, 7) is 5.21. The van der Waals surface area contributed by atoms with E-state index in [1.54, 1.807) is 83.2 Å². The molecule has 0 saturated carbocycles. The second-order valence-corrected chi connectivity index (χ2v) is 9.75. The number of likely N-dealkylation sites (N-methyl/N-ethyl adjacent to an activating group) is 1. The summed E-state index contributed by atoms with van der Waals surface area (Å²) < 4.78 is 19.3. The Morgan fingerprint density at radius 2 is 1.78 bits per heavy atom. The number of nitrogens with zero attached hydrogens (tertiary/aromatic N) is 4. The van der Waals surface area contributed by atoms with Crippen LogP contribution in [0.1, 0.15) is 42.8 Å². The third-order valence-corrected chi connectivity index (χ3v) is 5.36. The molecule has 0 saturated heterocycles. The number of esters is 1. The van der Waals surface area contributed by atoms with Crippen molar-refractivity contribution in [1.29, 1.82) is 0 Å². The van der Waals surface area contributed by atoms with Gasteiger partial charge in [-0.25, -0.2) is 14.4 Å². The van der Waals surface area contributed by atoms with E-state index in [4.69, 9.17) is 4.74 Å². The molecule has 1 aromatic heterocycles. The summed E-state index contributed by atoms with van der Waals surface area (Å²) in [4.78, 5) is 37.3. The summed E-state index contributed by atoms with van der Waals surface area (Å²) in [5, 5.41) is 10.8. The quantitative estimate of drug-likeness (QED) is 0.390. The van der Waals surface area contributed by atoms with Crippen molar-refractivity contribution in [2.24, 2.45) is 5.41 Å². The van der Waals surface area contributed by atoms with E-state index >= 15 is 0 Å². The number of amides is 1. The fraction of sp³-hybridized carbons (Fsp3) is 0.333. The molecule has 2 aromatic carbocycles. The van der Waals surface area contributed by atoms with Gasteiger partial charge in [-0.1, -0.05) is 24.3 Å². The Morgan fingerprint density at radius 1 is 1.08 bits per heavy atom. The van der Waals surface area contributed by atoms with Crippen LogP contribution in [0.15, 0.2) is 54.7 Å². The molecule has 1 atom stereocenters. The molecule has 1 N–H and O–H groups in total. The molecule has 1 heterocycles. The molecule has 0 aliphatic heterocycles. The summed E-state index contributed by atoms with van der Waals surface area (Å²) in [5.74, 6) is -0.607. The van der Waals surface area contributed by atoms with Crippen LogP contribution >= 0.6 is 0 Å². The summed E-state index contributed by atoms with van der Waals surface area (Å²) in [6, 6.07) is 12.4. The van der Waals surface area contributed by atoms with Crippen LogP contribution in [0.5, 0.6) is 5.75 Å². The van der Waals surface area contributed by atoms with E-state index in [2.05, 4.69) is 9.97 Å². The molecular weight excluding hydrogens is 463 g/mol. The number of halogens is 1. The molecule has 36 heavy (non-hydrogen) atoms. The fourth-order valence-corrected chi connectivity index (χ4v) is 3.30. The summed E-state index contributed by atoms with van der Waals surface area (Å²) >= 11 is 0. The van der Waals surface area contributed by atoms with E-state index in [1.165, 1.54) is 23.2 Å². The van der Waals surface area contributed by atoms with E-state index in [0.717, 1.165) is 0 Å². The molecule has 3 aromatic rings. The Balaban J connectivity index is 1.84. The molecule has 0 aliphatic rings. The lowest BCUT2D eigenvalue weighted by atomic mass is 9.97. The van der Waals surface area contributed by atoms with Gasteiger partial charge in [0, 0.05) is 32.9 Å². The van der Waals surface area contributed by atoms with Crippen molar-refractivity contribution in [3.05, 3.63) is 71.7 Å². The predicted octanol–water partition coefficient (Wildman–Crippen LogP) is 4.11.